The monoisotopic (exact) mass is 726 g/mol. The van der Waals surface area contributed by atoms with Gasteiger partial charge in [-0.05, 0) is 111 Å². The van der Waals surface area contributed by atoms with Gasteiger partial charge in [0.15, 0.2) is 23.0 Å². The Balaban J connectivity index is 1.61. The number of phenolic OH excluding ortho intramolecular Hbond substituents is 2. The quantitative estimate of drug-likeness (QED) is 0.110. The van der Waals surface area contributed by atoms with E-state index in [-0.39, 0.29) is 66.2 Å². The second-order valence-electron chi connectivity index (χ2n) is 13.1. The molecule has 0 spiro atoms. The molecule has 1 heterocycles. The molecule has 13 heteroatoms. The van der Waals surface area contributed by atoms with Crippen LogP contribution in [0.5, 0.6) is 28.7 Å². The molecule has 1 aliphatic heterocycles. The third-order valence-electron chi connectivity index (χ3n) is 9.73. The lowest BCUT2D eigenvalue weighted by atomic mass is 9.84. The summed E-state index contributed by atoms with van der Waals surface area (Å²) >= 11 is 0. The van der Waals surface area contributed by atoms with Crippen molar-refractivity contribution in [2.24, 2.45) is 11.8 Å². The van der Waals surface area contributed by atoms with Gasteiger partial charge in [-0.1, -0.05) is 28.0 Å². The van der Waals surface area contributed by atoms with Gasteiger partial charge in [0.1, 0.15) is 6.79 Å². The van der Waals surface area contributed by atoms with Gasteiger partial charge in [-0.15, -0.1) is 0 Å². The zero-order valence-electron chi connectivity index (χ0n) is 28.5. The number of aromatic hydroxyl groups is 2. The van der Waals surface area contributed by atoms with Gasteiger partial charge in [-0.3, -0.25) is 0 Å². The predicted octanol–water partition coefficient (Wildman–Crippen LogP) is 4.88. The maximum atomic E-state index is 11.6. The fraction of sp³-hybridized carbons (Fsp3) is 0.667. The molecular weight excluding hydrogens is 673 g/mol. The number of methoxy groups -OCH3 is 2. The van der Waals surface area contributed by atoms with E-state index in [1.54, 1.807) is 18.2 Å². The van der Waals surface area contributed by atoms with Crippen LogP contribution in [0.15, 0.2) is 24.3 Å². The van der Waals surface area contributed by atoms with Crippen LogP contribution in [0.3, 0.4) is 0 Å². The zero-order chi connectivity index (χ0) is 35.3. The van der Waals surface area contributed by atoms with Crippen LogP contribution in [0.2, 0.25) is 0 Å². The fourth-order valence-corrected chi connectivity index (χ4v) is 10.00. The summed E-state index contributed by atoms with van der Waals surface area (Å²) in [6.07, 6.45) is 4.86. The van der Waals surface area contributed by atoms with Crippen LogP contribution in [-0.2, 0) is 17.6 Å². The van der Waals surface area contributed by atoms with E-state index in [4.69, 9.17) is 18.9 Å². The van der Waals surface area contributed by atoms with Crippen LogP contribution in [0.1, 0.15) is 79.7 Å². The topological polar surface area (TPSA) is 179 Å². The van der Waals surface area contributed by atoms with E-state index in [0.29, 0.717) is 36.5 Å². The Morgan fingerprint density at radius 1 is 0.816 bits per heavy atom. The van der Waals surface area contributed by atoms with Crippen molar-refractivity contribution in [2.75, 3.05) is 40.0 Å². The molecule has 2 aromatic carbocycles. The van der Waals surface area contributed by atoms with Gasteiger partial charge in [0.25, 0.3) is 0 Å². The number of hydrogen-bond acceptors (Lipinski definition) is 13. The minimum Gasteiger partial charge on any atom is -0.504 e. The molecule has 2 aromatic rings. The summed E-state index contributed by atoms with van der Waals surface area (Å²) in [7, 11) is 5.82. The first kappa shape index (κ1) is 39.7. The Hall–Kier alpha value is -2.10. The van der Waals surface area contributed by atoms with E-state index in [1.807, 2.05) is 6.07 Å². The van der Waals surface area contributed by atoms with Gasteiger partial charge in [0.05, 0.1) is 38.6 Å². The molecule has 0 amide bonds. The van der Waals surface area contributed by atoms with Gasteiger partial charge in [0.2, 0.25) is 5.75 Å². The summed E-state index contributed by atoms with van der Waals surface area (Å²) in [5.41, 5.74) is 2.48. The van der Waals surface area contributed by atoms with E-state index in [9.17, 15) is 35.7 Å². The van der Waals surface area contributed by atoms with E-state index >= 15 is 0 Å². The van der Waals surface area contributed by atoms with E-state index < -0.39 is 31.0 Å². The van der Waals surface area contributed by atoms with Crippen LogP contribution in [0.4, 0.5) is 0 Å². The second kappa shape index (κ2) is 20.1. The summed E-state index contributed by atoms with van der Waals surface area (Å²) in [6, 6.07) is 6.92. The molecular formula is C36H54O11S2. The molecule has 1 saturated carbocycles. The number of rotatable bonds is 13. The summed E-state index contributed by atoms with van der Waals surface area (Å²) in [5.74, 6) is 0.863. The van der Waals surface area contributed by atoms with E-state index in [2.05, 4.69) is 0 Å². The van der Waals surface area contributed by atoms with Crippen molar-refractivity contribution < 1.29 is 54.7 Å². The summed E-state index contributed by atoms with van der Waals surface area (Å²) in [6.45, 7) is -0.427. The van der Waals surface area contributed by atoms with Crippen molar-refractivity contribution in [1.29, 1.82) is 0 Å². The maximum Gasteiger partial charge on any atom is 0.200 e. The summed E-state index contributed by atoms with van der Waals surface area (Å²) in [4.78, 5) is 0. The van der Waals surface area contributed by atoms with Gasteiger partial charge in [0, 0.05) is 30.1 Å². The number of fused-ring (bicyclic) bond motifs is 1. The molecule has 2 aliphatic rings. The minimum absolute atomic E-state index is 0.0347. The number of ether oxygens (including phenoxy) is 4. The Morgan fingerprint density at radius 3 is 2.24 bits per heavy atom. The summed E-state index contributed by atoms with van der Waals surface area (Å²) < 4.78 is 22.8. The lowest BCUT2D eigenvalue weighted by Crippen LogP contribution is -2.38. The second-order valence-corrected chi connectivity index (χ2v) is 15.7. The molecule has 49 heavy (non-hydrogen) atoms. The molecule has 11 nitrogen and oxygen atoms in total. The molecule has 1 aliphatic carbocycles. The van der Waals surface area contributed by atoms with Crippen LogP contribution in [0, 0.1) is 11.8 Å². The highest BCUT2D eigenvalue weighted by Crippen LogP contribution is 2.47. The highest BCUT2D eigenvalue weighted by Gasteiger charge is 2.32. The Labute approximate surface area is 297 Å². The highest BCUT2D eigenvalue weighted by molar-refractivity contribution is 8.76. The van der Waals surface area contributed by atoms with Gasteiger partial charge >= 0.3 is 0 Å². The summed E-state index contributed by atoms with van der Waals surface area (Å²) in [5, 5.41) is 73.5. The van der Waals surface area contributed by atoms with Gasteiger partial charge in [-0.2, -0.15) is 0 Å². The molecule has 0 aromatic heterocycles. The predicted molar refractivity (Wildman–Crippen MR) is 191 cm³/mol. The van der Waals surface area contributed by atoms with Crippen molar-refractivity contribution in [3.8, 4) is 28.7 Å². The van der Waals surface area contributed by atoms with Crippen LogP contribution >= 0.6 is 21.6 Å². The van der Waals surface area contributed by atoms with Crippen molar-refractivity contribution >= 4 is 21.6 Å². The molecule has 7 atom stereocenters. The van der Waals surface area contributed by atoms with Crippen molar-refractivity contribution in [2.45, 2.75) is 100 Å². The van der Waals surface area contributed by atoms with E-state index in [1.165, 1.54) is 35.8 Å². The smallest absolute Gasteiger partial charge is 0.200 e. The Kier molecular flexibility index (Phi) is 16.3. The first-order valence-electron chi connectivity index (χ1n) is 17.3. The molecule has 1 fully saturated rings. The molecule has 7 unspecified atom stereocenters. The zero-order valence-corrected chi connectivity index (χ0v) is 30.2. The standard InChI is InChI=1S/C36H54O11S2/c1-44-33-15-23(16-34(45-2)36(33)43)14-28-29(40)18-25(46-21-39)9-8-24-17-32(47-26-7-3-5-22(13-26)6-4-11-37)30(41)19-27(24)35(10-12-38)49-48-20-31(28)42/h15-17,19,22,25-26,28-29,31,35,37-43H,3-14,18,20-21H2,1-2H3. The molecule has 7 N–H and O–H groups in total. The number of phenols is 2. The number of aliphatic hydroxyl groups excluding tert-OH is 5. The van der Waals surface area contributed by atoms with Crippen LogP contribution in [-0.4, -0.2) is 100 Å². The third kappa shape index (κ3) is 11.2. The van der Waals surface area contributed by atoms with E-state index in [0.717, 1.165) is 49.7 Å². The number of benzene rings is 2. The van der Waals surface area contributed by atoms with Crippen molar-refractivity contribution in [1.82, 2.24) is 0 Å². The first-order valence-corrected chi connectivity index (χ1v) is 19.6. The number of aryl methyl sites for hydroxylation is 1. The SMILES string of the molecule is COc1cc(CC2C(O)CSSC(CCO)c3cc(O)c(OC4CCCC(CCCO)C4)cc3CCC(OCO)CC2O)cc(OC)c1O. The average molecular weight is 727 g/mol. The molecule has 0 bridgehead atoms. The normalized spacial score (nSPS) is 26.9. The molecule has 4 rings (SSSR count). The number of aliphatic hydroxyl groups is 5. The van der Waals surface area contributed by atoms with Gasteiger partial charge < -0.3 is 54.7 Å². The fourth-order valence-electron chi connectivity index (χ4n) is 7.10. The van der Waals surface area contributed by atoms with Crippen molar-refractivity contribution in [3.05, 3.63) is 41.0 Å². The highest BCUT2D eigenvalue weighted by atomic mass is 33.1. The lowest BCUT2D eigenvalue weighted by molar-refractivity contribution is -0.0808. The van der Waals surface area contributed by atoms with Crippen molar-refractivity contribution in [3.63, 3.8) is 0 Å². The number of hydrogen-bond donors (Lipinski definition) is 7. The molecule has 276 valence electrons. The Bertz CT molecular complexity index is 1270. The molecule has 0 saturated heterocycles. The largest absolute Gasteiger partial charge is 0.504 e. The lowest BCUT2D eigenvalue weighted by Gasteiger charge is -2.30. The molecule has 0 radical (unpaired) electrons. The average Bonchev–Trinajstić information content (AvgIpc) is 3.10. The minimum atomic E-state index is -1.000. The third-order valence-corrected chi connectivity index (χ3v) is 12.6. The van der Waals surface area contributed by atoms with Gasteiger partial charge in [-0.25, -0.2) is 0 Å². The first-order chi connectivity index (χ1) is 23.7. The maximum absolute atomic E-state index is 11.6. The Morgan fingerprint density at radius 2 is 1.57 bits per heavy atom. The van der Waals surface area contributed by atoms with Crippen LogP contribution < -0.4 is 14.2 Å². The van der Waals surface area contributed by atoms with Crippen LogP contribution in [0.25, 0.3) is 0 Å².